The van der Waals surface area contributed by atoms with E-state index in [1.54, 1.807) is 6.07 Å². The predicted molar refractivity (Wildman–Crippen MR) is 59.4 cm³/mol. The molecule has 1 heterocycles. The van der Waals surface area contributed by atoms with Gasteiger partial charge in [-0.2, -0.15) is 0 Å². The highest BCUT2D eigenvalue weighted by Gasteiger charge is 2.40. The van der Waals surface area contributed by atoms with Crippen LogP contribution in [-0.4, -0.2) is 18.0 Å². The fourth-order valence-electron chi connectivity index (χ4n) is 1.93. The highest BCUT2D eigenvalue weighted by atomic mass is 16.6. The van der Waals surface area contributed by atoms with Crippen molar-refractivity contribution in [2.45, 2.75) is 25.7 Å². The monoisotopic (exact) mass is 224 g/mol. The maximum absolute atomic E-state index is 10.4. The largest absolute Gasteiger partial charge is 0.433 e. The van der Waals surface area contributed by atoms with Gasteiger partial charge in [0.1, 0.15) is 10.7 Å². The third kappa shape index (κ3) is 2.41. The zero-order chi connectivity index (χ0) is 11.5. The van der Waals surface area contributed by atoms with Crippen LogP contribution in [0.25, 0.3) is 0 Å². The first-order valence-corrected chi connectivity index (χ1v) is 5.67. The van der Waals surface area contributed by atoms with E-state index < -0.39 is 4.92 Å². The summed E-state index contributed by atoms with van der Waals surface area (Å²) in [6.07, 6.45) is 2.20. The molecule has 0 amide bonds. The minimum absolute atomic E-state index is 0.151. The molecule has 16 heavy (non-hydrogen) atoms. The van der Waals surface area contributed by atoms with Crippen LogP contribution in [0.2, 0.25) is 0 Å². The van der Waals surface area contributed by atoms with E-state index in [4.69, 9.17) is 4.42 Å². The van der Waals surface area contributed by atoms with Gasteiger partial charge in [0.25, 0.3) is 0 Å². The summed E-state index contributed by atoms with van der Waals surface area (Å²) in [6, 6.07) is 3.16. The molecule has 1 aromatic rings. The van der Waals surface area contributed by atoms with Crippen molar-refractivity contribution in [1.29, 1.82) is 0 Å². The van der Waals surface area contributed by atoms with Gasteiger partial charge in [-0.1, -0.05) is 6.92 Å². The minimum atomic E-state index is -0.490. The van der Waals surface area contributed by atoms with Crippen molar-refractivity contribution in [3.8, 4) is 0 Å². The van der Waals surface area contributed by atoms with Crippen molar-refractivity contribution in [1.82, 2.24) is 5.32 Å². The normalized spacial score (nSPS) is 23.3. The highest BCUT2D eigenvalue weighted by Crippen LogP contribution is 2.48. The molecule has 5 heteroatoms. The zero-order valence-electron chi connectivity index (χ0n) is 9.31. The Hall–Kier alpha value is -1.36. The number of nitrogens with one attached hydrogen (secondary N) is 1. The maximum atomic E-state index is 10.4. The molecule has 1 aromatic heterocycles. The van der Waals surface area contributed by atoms with Crippen LogP contribution in [-0.2, 0) is 0 Å². The van der Waals surface area contributed by atoms with Crippen LogP contribution >= 0.6 is 0 Å². The van der Waals surface area contributed by atoms with Gasteiger partial charge in [-0.15, -0.1) is 0 Å². The number of nitro groups is 1. The lowest BCUT2D eigenvalue weighted by Crippen LogP contribution is -2.17. The second-order valence-electron chi connectivity index (χ2n) is 4.24. The summed E-state index contributed by atoms with van der Waals surface area (Å²) in [7, 11) is 0. The first kappa shape index (κ1) is 11.1. The van der Waals surface area contributed by atoms with Gasteiger partial charge in [0.2, 0.25) is 0 Å². The molecular weight excluding hydrogens is 208 g/mol. The molecule has 0 bridgehead atoms. The summed E-state index contributed by atoms with van der Waals surface area (Å²) in [5.41, 5.74) is 0. The van der Waals surface area contributed by atoms with Crippen molar-refractivity contribution in [3.63, 3.8) is 0 Å². The number of rotatable bonds is 6. The summed E-state index contributed by atoms with van der Waals surface area (Å²) in [4.78, 5) is 9.96. The lowest BCUT2D eigenvalue weighted by molar-refractivity contribution is -0.402. The van der Waals surface area contributed by atoms with Gasteiger partial charge < -0.3 is 9.73 Å². The van der Waals surface area contributed by atoms with Crippen molar-refractivity contribution in [2.75, 3.05) is 13.1 Å². The maximum Gasteiger partial charge on any atom is 0.433 e. The smallest absolute Gasteiger partial charge is 0.406 e. The van der Waals surface area contributed by atoms with Crippen LogP contribution in [0.3, 0.4) is 0 Å². The highest BCUT2D eigenvalue weighted by molar-refractivity contribution is 5.24. The van der Waals surface area contributed by atoms with E-state index in [9.17, 15) is 10.1 Å². The lowest BCUT2D eigenvalue weighted by Gasteiger charge is -2.00. The van der Waals surface area contributed by atoms with Gasteiger partial charge in [0.15, 0.2) is 0 Å². The van der Waals surface area contributed by atoms with Crippen LogP contribution < -0.4 is 5.32 Å². The standard InChI is InChI=1S/C11H16N2O3/c1-2-5-12-7-8-6-9(8)10-3-4-11(16-10)13(14)15/h3-4,8-9,12H,2,5-7H2,1H3. The SMILES string of the molecule is CCCNCC1CC1c1ccc([N+](=O)[O-])o1. The number of hydrogen-bond donors (Lipinski definition) is 1. The van der Waals surface area contributed by atoms with Gasteiger partial charge in [-0.25, -0.2) is 0 Å². The van der Waals surface area contributed by atoms with E-state index in [0.717, 1.165) is 31.7 Å². The van der Waals surface area contributed by atoms with Gasteiger partial charge in [0.05, 0.1) is 6.07 Å². The third-order valence-electron chi connectivity index (χ3n) is 2.91. The van der Waals surface area contributed by atoms with Crippen LogP contribution in [0.5, 0.6) is 0 Å². The third-order valence-corrected chi connectivity index (χ3v) is 2.91. The van der Waals surface area contributed by atoms with E-state index in [-0.39, 0.29) is 5.88 Å². The molecule has 88 valence electrons. The summed E-state index contributed by atoms with van der Waals surface area (Å²) in [6.45, 7) is 4.14. The summed E-state index contributed by atoms with van der Waals surface area (Å²) < 4.78 is 5.18. The van der Waals surface area contributed by atoms with Crippen molar-refractivity contribution in [2.24, 2.45) is 5.92 Å². The predicted octanol–water partition coefficient (Wildman–Crippen LogP) is 2.29. The molecule has 2 atom stereocenters. The Labute approximate surface area is 94.0 Å². The average Bonchev–Trinajstić information content (AvgIpc) is 2.85. The molecule has 2 rings (SSSR count). The van der Waals surface area contributed by atoms with Crippen LogP contribution in [0.15, 0.2) is 16.5 Å². The molecule has 1 saturated carbocycles. The van der Waals surface area contributed by atoms with Crippen molar-refractivity contribution in [3.05, 3.63) is 28.0 Å². The Morgan fingerprint density at radius 3 is 3.06 bits per heavy atom. The fourth-order valence-corrected chi connectivity index (χ4v) is 1.93. The van der Waals surface area contributed by atoms with Crippen LogP contribution in [0.1, 0.15) is 31.4 Å². The molecule has 1 aliphatic rings. The second-order valence-corrected chi connectivity index (χ2v) is 4.24. The molecular formula is C11H16N2O3. The van der Waals surface area contributed by atoms with Gasteiger partial charge in [0, 0.05) is 5.92 Å². The van der Waals surface area contributed by atoms with Crippen LogP contribution in [0.4, 0.5) is 5.88 Å². The first-order valence-electron chi connectivity index (χ1n) is 5.67. The molecule has 5 nitrogen and oxygen atoms in total. The summed E-state index contributed by atoms with van der Waals surface area (Å²) in [5, 5.41) is 13.8. The summed E-state index contributed by atoms with van der Waals surface area (Å²) >= 11 is 0. The van der Waals surface area contributed by atoms with E-state index in [1.165, 1.54) is 6.07 Å². The quantitative estimate of drug-likeness (QED) is 0.457. The Balaban J connectivity index is 1.83. The van der Waals surface area contributed by atoms with Gasteiger partial charge in [-0.05, 0) is 37.9 Å². The van der Waals surface area contributed by atoms with Gasteiger partial charge in [-0.3, -0.25) is 10.1 Å². The molecule has 0 radical (unpaired) electrons. The number of furan rings is 1. The molecule has 0 saturated heterocycles. The average molecular weight is 224 g/mol. The number of hydrogen-bond acceptors (Lipinski definition) is 4. The zero-order valence-corrected chi connectivity index (χ0v) is 9.31. The molecule has 0 spiro atoms. The second kappa shape index (κ2) is 4.65. The van der Waals surface area contributed by atoms with E-state index >= 15 is 0 Å². The molecule has 1 aliphatic carbocycles. The van der Waals surface area contributed by atoms with Crippen molar-refractivity contribution < 1.29 is 9.34 Å². The van der Waals surface area contributed by atoms with E-state index in [2.05, 4.69) is 12.2 Å². The fraction of sp³-hybridized carbons (Fsp3) is 0.636. The Bertz CT molecular complexity index is 375. The minimum Gasteiger partial charge on any atom is -0.406 e. The Kier molecular flexibility index (Phi) is 3.24. The summed E-state index contributed by atoms with van der Waals surface area (Å²) in [5.74, 6) is 1.56. The Morgan fingerprint density at radius 1 is 1.62 bits per heavy atom. The first-order chi connectivity index (χ1) is 7.72. The number of nitrogens with zero attached hydrogens (tertiary/aromatic N) is 1. The van der Waals surface area contributed by atoms with Crippen LogP contribution in [0, 0.1) is 16.0 Å². The van der Waals surface area contributed by atoms with Crippen molar-refractivity contribution >= 4 is 5.88 Å². The van der Waals surface area contributed by atoms with E-state index in [1.807, 2.05) is 0 Å². The molecule has 0 aliphatic heterocycles. The topological polar surface area (TPSA) is 68.3 Å². The molecule has 1 fully saturated rings. The van der Waals surface area contributed by atoms with E-state index in [0.29, 0.717) is 11.8 Å². The molecule has 0 aromatic carbocycles. The Morgan fingerprint density at radius 2 is 2.44 bits per heavy atom. The molecule has 1 N–H and O–H groups in total. The lowest BCUT2D eigenvalue weighted by atomic mass is 10.2. The van der Waals surface area contributed by atoms with Gasteiger partial charge >= 0.3 is 5.88 Å². The molecule has 2 unspecified atom stereocenters.